The third-order valence-corrected chi connectivity index (χ3v) is 10.9. The van der Waals surface area contributed by atoms with E-state index in [0.717, 1.165) is 89.3 Å². The summed E-state index contributed by atoms with van der Waals surface area (Å²) in [4.78, 5) is 5.18. The van der Waals surface area contributed by atoms with Crippen LogP contribution < -0.4 is 0 Å². The zero-order valence-electron chi connectivity index (χ0n) is 31.5. The van der Waals surface area contributed by atoms with Crippen molar-refractivity contribution in [1.82, 2.24) is 14.1 Å². The van der Waals surface area contributed by atoms with Gasteiger partial charge in [-0.15, -0.1) is 6.42 Å². The first-order valence-electron chi connectivity index (χ1n) is 19.3. The lowest BCUT2D eigenvalue weighted by Gasteiger charge is -2.12. The average molecular weight is 728 g/mol. The number of allylic oxidation sites excluding steroid dienone is 1. The van der Waals surface area contributed by atoms with Crippen LogP contribution >= 0.6 is 0 Å². The molecule has 0 spiro atoms. The quantitative estimate of drug-likeness (QED) is 0.150. The number of para-hydroxylation sites is 2. The molecule has 3 aromatic heterocycles. The Bertz CT molecular complexity index is 3100. The summed E-state index contributed by atoms with van der Waals surface area (Å²) in [5.41, 5.74) is 16.1. The van der Waals surface area contributed by atoms with Gasteiger partial charge >= 0.3 is 0 Å². The maximum Gasteiger partial charge on any atom is 0.0715 e. The second-order valence-electron chi connectivity index (χ2n) is 14.3. The minimum atomic E-state index is 0.892. The van der Waals surface area contributed by atoms with E-state index in [9.17, 15) is 0 Å². The van der Waals surface area contributed by atoms with E-state index in [-0.39, 0.29) is 0 Å². The minimum absolute atomic E-state index is 0.892. The van der Waals surface area contributed by atoms with Crippen molar-refractivity contribution in [2.75, 3.05) is 0 Å². The highest BCUT2D eigenvalue weighted by molar-refractivity contribution is 6.10. The number of hydrogen-bond donors (Lipinski definition) is 0. The van der Waals surface area contributed by atoms with Gasteiger partial charge in [-0.2, -0.15) is 0 Å². The molecule has 0 aliphatic carbocycles. The smallest absolute Gasteiger partial charge is 0.0715 e. The molecule has 0 saturated carbocycles. The van der Waals surface area contributed by atoms with E-state index in [0.29, 0.717) is 0 Å². The van der Waals surface area contributed by atoms with Gasteiger partial charge in [0.2, 0.25) is 0 Å². The van der Waals surface area contributed by atoms with Gasteiger partial charge in [-0.05, 0) is 95.9 Å². The Hall–Kier alpha value is -7.67. The molecule has 0 amide bonds. The first-order chi connectivity index (χ1) is 28.2. The molecule has 3 nitrogen and oxygen atoms in total. The van der Waals surface area contributed by atoms with Crippen LogP contribution in [0, 0.1) is 12.3 Å². The van der Waals surface area contributed by atoms with Gasteiger partial charge in [-0.25, -0.2) is 4.98 Å². The second kappa shape index (κ2) is 14.2. The molecule has 3 heteroatoms. The van der Waals surface area contributed by atoms with Crippen LogP contribution in [0.25, 0.3) is 94.9 Å². The number of hydrogen-bond acceptors (Lipinski definition) is 1. The monoisotopic (exact) mass is 727 g/mol. The van der Waals surface area contributed by atoms with Crippen molar-refractivity contribution < 1.29 is 0 Å². The van der Waals surface area contributed by atoms with E-state index in [2.05, 4.69) is 203 Å². The van der Waals surface area contributed by atoms with Crippen molar-refractivity contribution in [1.29, 1.82) is 0 Å². The van der Waals surface area contributed by atoms with Crippen molar-refractivity contribution in [3.8, 4) is 68.5 Å². The molecule has 0 saturated heterocycles. The lowest BCUT2D eigenvalue weighted by molar-refractivity contribution is 1.10. The highest BCUT2D eigenvalue weighted by atomic mass is 15.0. The van der Waals surface area contributed by atoms with Crippen molar-refractivity contribution in [2.45, 2.75) is 6.92 Å². The number of terminal acetylenes is 1. The summed E-state index contributed by atoms with van der Waals surface area (Å²) in [6.07, 6.45) is 10.4. The van der Waals surface area contributed by atoms with Gasteiger partial charge in [0.05, 0.1) is 39.2 Å². The van der Waals surface area contributed by atoms with Gasteiger partial charge in [0.15, 0.2) is 0 Å². The summed E-state index contributed by atoms with van der Waals surface area (Å²) < 4.78 is 4.64. The predicted molar refractivity (Wildman–Crippen MR) is 240 cm³/mol. The third kappa shape index (κ3) is 5.92. The predicted octanol–water partition coefficient (Wildman–Crippen LogP) is 13.8. The van der Waals surface area contributed by atoms with E-state index in [4.69, 9.17) is 11.4 Å². The van der Waals surface area contributed by atoms with Gasteiger partial charge in [0.1, 0.15) is 0 Å². The number of benzene rings is 7. The molecule has 57 heavy (non-hydrogen) atoms. The fraction of sp³-hybridized carbons (Fsp3) is 0.0185. The third-order valence-electron chi connectivity index (χ3n) is 10.9. The van der Waals surface area contributed by atoms with Crippen LogP contribution in [0.4, 0.5) is 0 Å². The lowest BCUT2D eigenvalue weighted by Crippen LogP contribution is -1.96. The van der Waals surface area contributed by atoms with Crippen LogP contribution in [0.3, 0.4) is 0 Å². The van der Waals surface area contributed by atoms with Gasteiger partial charge in [-0.3, -0.25) is 0 Å². The van der Waals surface area contributed by atoms with Crippen LogP contribution in [-0.4, -0.2) is 14.1 Å². The van der Waals surface area contributed by atoms with Crippen LogP contribution in [-0.2, 0) is 0 Å². The standard InChI is InChI=1S/C54H37N3/c1-3-16-51-45(4-2)48-33-40(28-32-53(48)56(51)43-21-12-7-13-22-43)41-27-31-47-46-23-14-15-24-52(46)57(54(47)36-41)44-29-25-39(26-30-44)50-35-42(37-17-8-5-9-18-37)34-49(55-50)38-19-10-6-11-20-38/h2-3,5-36H,1H3/b16-3-. The van der Waals surface area contributed by atoms with Crippen LogP contribution in [0.15, 0.2) is 194 Å². The number of fused-ring (bicyclic) bond motifs is 4. The van der Waals surface area contributed by atoms with Crippen molar-refractivity contribution >= 4 is 38.8 Å². The second-order valence-corrected chi connectivity index (χ2v) is 14.3. The molecule has 7 aromatic carbocycles. The largest absolute Gasteiger partial charge is 0.309 e. The SMILES string of the molecule is C#Cc1c(/C=C\C)n(-c2ccccc2)c2ccc(-c3ccc4c5ccccc5n(-c5ccc(-c6cc(-c7ccccc7)cc(-c7ccccc7)n6)cc5)c4c3)cc12. The Labute approximate surface area is 332 Å². The Morgan fingerprint density at radius 3 is 1.68 bits per heavy atom. The summed E-state index contributed by atoms with van der Waals surface area (Å²) in [5.74, 6) is 3.03. The molecule has 0 radical (unpaired) electrons. The topological polar surface area (TPSA) is 22.8 Å². The molecular formula is C54H37N3. The van der Waals surface area contributed by atoms with Crippen LogP contribution in [0.5, 0.6) is 0 Å². The van der Waals surface area contributed by atoms with E-state index in [1.165, 1.54) is 10.8 Å². The molecule has 0 unspecified atom stereocenters. The molecule has 10 rings (SSSR count). The Balaban J connectivity index is 1.10. The Morgan fingerprint density at radius 2 is 0.982 bits per heavy atom. The Morgan fingerprint density at radius 1 is 0.439 bits per heavy atom. The fourth-order valence-electron chi connectivity index (χ4n) is 8.26. The minimum Gasteiger partial charge on any atom is -0.309 e. The highest BCUT2D eigenvalue weighted by Gasteiger charge is 2.18. The van der Waals surface area contributed by atoms with Gasteiger partial charge in [0.25, 0.3) is 0 Å². The molecule has 0 atom stereocenters. The maximum absolute atomic E-state index is 6.24. The normalized spacial score (nSPS) is 11.5. The summed E-state index contributed by atoms with van der Waals surface area (Å²) in [6, 6.07) is 66.7. The number of nitrogens with zero attached hydrogens (tertiary/aromatic N) is 3. The van der Waals surface area contributed by atoms with E-state index in [1.807, 2.05) is 19.1 Å². The van der Waals surface area contributed by atoms with Gasteiger partial charge in [0, 0.05) is 38.7 Å². The number of rotatable bonds is 7. The summed E-state index contributed by atoms with van der Waals surface area (Å²) >= 11 is 0. The van der Waals surface area contributed by atoms with Gasteiger partial charge in [-0.1, -0.05) is 139 Å². The van der Waals surface area contributed by atoms with Crippen LogP contribution in [0.2, 0.25) is 0 Å². The summed E-state index contributed by atoms with van der Waals surface area (Å²) in [5, 5.41) is 3.48. The molecular weight excluding hydrogens is 691 g/mol. The van der Waals surface area contributed by atoms with Crippen LogP contribution in [0.1, 0.15) is 18.2 Å². The first kappa shape index (κ1) is 33.9. The molecule has 0 aliphatic rings. The molecule has 0 N–H and O–H groups in total. The number of aromatic nitrogens is 3. The molecule has 10 aromatic rings. The molecule has 0 bridgehead atoms. The van der Waals surface area contributed by atoms with E-state index >= 15 is 0 Å². The molecule has 3 heterocycles. The summed E-state index contributed by atoms with van der Waals surface area (Å²) in [7, 11) is 0. The maximum atomic E-state index is 6.24. The highest BCUT2D eigenvalue weighted by Crippen LogP contribution is 2.38. The van der Waals surface area contributed by atoms with E-state index < -0.39 is 0 Å². The zero-order chi connectivity index (χ0) is 38.3. The lowest BCUT2D eigenvalue weighted by atomic mass is 10.00. The first-order valence-corrected chi connectivity index (χ1v) is 19.3. The van der Waals surface area contributed by atoms with Crippen molar-refractivity contribution in [2.24, 2.45) is 0 Å². The Kier molecular flexibility index (Phi) is 8.43. The fourth-order valence-corrected chi connectivity index (χ4v) is 8.26. The molecule has 268 valence electrons. The summed E-state index contributed by atoms with van der Waals surface area (Å²) in [6.45, 7) is 2.03. The van der Waals surface area contributed by atoms with Crippen molar-refractivity contribution in [3.05, 3.63) is 205 Å². The van der Waals surface area contributed by atoms with Crippen molar-refractivity contribution in [3.63, 3.8) is 0 Å². The average Bonchev–Trinajstić information content (AvgIpc) is 3.78. The van der Waals surface area contributed by atoms with Gasteiger partial charge < -0.3 is 9.13 Å². The van der Waals surface area contributed by atoms with E-state index in [1.54, 1.807) is 0 Å². The molecule has 0 aliphatic heterocycles. The zero-order valence-corrected chi connectivity index (χ0v) is 31.5. The molecule has 0 fully saturated rings. The number of pyridine rings is 1.